The number of hydrogen-bond donors (Lipinski definition) is 0. The smallest absolute Gasteiger partial charge is 0.416 e. The van der Waals surface area contributed by atoms with Gasteiger partial charge in [-0.05, 0) is 56.3 Å². The summed E-state index contributed by atoms with van der Waals surface area (Å²) >= 11 is 0. The van der Waals surface area contributed by atoms with Gasteiger partial charge in [0, 0.05) is 43.3 Å². The van der Waals surface area contributed by atoms with Crippen molar-refractivity contribution in [2.75, 3.05) is 32.7 Å². The summed E-state index contributed by atoms with van der Waals surface area (Å²) in [6, 6.07) is 13.2. The third-order valence-electron chi connectivity index (χ3n) is 6.16. The summed E-state index contributed by atoms with van der Waals surface area (Å²) in [6.45, 7) is 10.6. The molecule has 0 spiro atoms. The normalized spacial score (nSPS) is 16.9. The van der Waals surface area contributed by atoms with Crippen molar-refractivity contribution in [2.24, 2.45) is 0 Å². The molecule has 4 rings (SSSR count). The van der Waals surface area contributed by atoms with E-state index >= 15 is 0 Å². The molecule has 176 valence electrons. The molecule has 1 aliphatic rings. The number of hydrogen-bond acceptors (Lipinski definition) is 4. The van der Waals surface area contributed by atoms with E-state index in [1.807, 2.05) is 38.1 Å². The van der Waals surface area contributed by atoms with Crippen molar-refractivity contribution in [2.45, 2.75) is 39.1 Å². The van der Waals surface area contributed by atoms with Gasteiger partial charge in [0.25, 0.3) is 0 Å². The summed E-state index contributed by atoms with van der Waals surface area (Å²) in [4.78, 5) is 9.25. The molecule has 4 nitrogen and oxygen atoms in total. The molecular weight excluding hydrogens is 427 g/mol. The van der Waals surface area contributed by atoms with E-state index in [1.165, 1.54) is 12.1 Å². The van der Waals surface area contributed by atoms with Crippen LogP contribution in [0.3, 0.4) is 0 Å². The van der Waals surface area contributed by atoms with Gasteiger partial charge in [0.2, 0.25) is 0 Å². The first kappa shape index (κ1) is 23.5. The average Bonchev–Trinajstić information content (AvgIpc) is 2.79. The lowest BCUT2D eigenvalue weighted by atomic mass is 9.93. The van der Waals surface area contributed by atoms with E-state index in [2.05, 4.69) is 21.7 Å². The molecule has 1 fully saturated rings. The van der Waals surface area contributed by atoms with Crippen LogP contribution in [-0.2, 0) is 6.18 Å². The highest BCUT2D eigenvalue weighted by Gasteiger charge is 2.32. The Bertz CT molecular complexity index is 1070. The summed E-state index contributed by atoms with van der Waals surface area (Å²) in [5, 5.41) is 0.971. The van der Waals surface area contributed by atoms with Gasteiger partial charge >= 0.3 is 6.18 Å². The van der Waals surface area contributed by atoms with Gasteiger partial charge in [-0.2, -0.15) is 13.2 Å². The Morgan fingerprint density at radius 1 is 1.00 bits per heavy atom. The lowest BCUT2D eigenvalue weighted by Gasteiger charge is -2.40. The fourth-order valence-electron chi connectivity index (χ4n) is 4.46. The Morgan fingerprint density at radius 3 is 2.30 bits per heavy atom. The van der Waals surface area contributed by atoms with Crippen molar-refractivity contribution < 1.29 is 17.9 Å². The summed E-state index contributed by atoms with van der Waals surface area (Å²) < 4.78 is 45.9. The highest BCUT2D eigenvalue weighted by atomic mass is 19.4. The molecule has 1 atom stereocenters. The zero-order valence-electron chi connectivity index (χ0n) is 19.3. The molecule has 0 N–H and O–H groups in total. The van der Waals surface area contributed by atoms with Crippen LogP contribution in [0.15, 0.2) is 54.7 Å². The molecule has 0 aliphatic carbocycles. The number of nitrogens with zero attached hydrogens (tertiary/aromatic N) is 3. The molecule has 33 heavy (non-hydrogen) atoms. The number of piperazine rings is 1. The molecule has 1 aliphatic heterocycles. The van der Waals surface area contributed by atoms with Gasteiger partial charge in [-0.25, -0.2) is 0 Å². The minimum atomic E-state index is -4.36. The molecule has 1 saturated heterocycles. The van der Waals surface area contributed by atoms with Crippen LogP contribution < -0.4 is 4.74 Å². The molecule has 0 radical (unpaired) electrons. The van der Waals surface area contributed by atoms with Crippen LogP contribution >= 0.6 is 0 Å². The number of pyridine rings is 1. The molecule has 1 unspecified atom stereocenters. The van der Waals surface area contributed by atoms with E-state index in [0.717, 1.165) is 60.5 Å². The largest absolute Gasteiger partial charge is 0.491 e. The lowest BCUT2D eigenvalue weighted by Crippen LogP contribution is -2.47. The molecule has 2 aromatic carbocycles. The fourth-order valence-corrected chi connectivity index (χ4v) is 4.46. The van der Waals surface area contributed by atoms with Crippen molar-refractivity contribution in [1.29, 1.82) is 0 Å². The second-order valence-electron chi connectivity index (χ2n) is 8.75. The number of halogens is 3. The average molecular weight is 458 g/mol. The zero-order chi connectivity index (χ0) is 23.6. The minimum absolute atomic E-state index is 0.0388. The molecule has 0 amide bonds. The second kappa shape index (κ2) is 9.69. The number of fused-ring (bicyclic) bond motifs is 1. The third-order valence-corrected chi connectivity index (χ3v) is 6.16. The second-order valence-corrected chi connectivity index (χ2v) is 8.75. The number of aromatic nitrogens is 1. The molecular formula is C26H30F3N3O. The molecule has 0 saturated carbocycles. The van der Waals surface area contributed by atoms with Crippen LogP contribution in [0.1, 0.15) is 43.5 Å². The van der Waals surface area contributed by atoms with Gasteiger partial charge in [0.05, 0.1) is 23.2 Å². The van der Waals surface area contributed by atoms with E-state index in [0.29, 0.717) is 0 Å². The number of rotatable bonds is 6. The van der Waals surface area contributed by atoms with Crippen LogP contribution in [0.2, 0.25) is 0 Å². The summed E-state index contributed by atoms with van der Waals surface area (Å²) in [6.07, 6.45) is -2.65. The summed E-state index contributed by atoms with van der Waals surface area (Å²) in [5.74, 6) is 0.744. The molecule has 0 bridgehead atoms. The van der Waals surface area contributed by atoms with Crippen molar-refractivity contribution in [3.05, 3.63) is 71.4 Å². The van der Waals surface area contributed by atoms with E-state index in [1.54, 1.807) is 18.3 Å². The fraction of sp³-hybridized carbons (Fsp3) is 0.423. The first-order valence-electron chi connectivity index (χ1n) is 11.4. The Morgan fingerprint density at radius 2 is 1.70 bits per heavy atom. The van der Waals surface area contributed by atoms with Crippen molar-refractivity contribution in [1.82, 2.24) is 14.8 Å². The van der Waals surface area contributed by atoms with Crippen LogP contribution in [0, 0.1) is 0 Å². The Kier molecular flexibility index (Phi) is 6.91. The molecule has 3 aromatic rings. The highest BCUT2D eigenvalue weighted by molar-refractivity contribution is 5.81. The van der Waals surface area contributed by atoms with E-state index in [9.17, 15) is 13.2 Å². The molecule has 7 heteroatoms. The highest BCUT2D eigenvalue weighted by Crippen LogP contribution is 2.39. The standard InChI is InChI=1S/C26H30F3N3O/c1-4-31-12-14-32(15-13-31)25(19-7-9-21(10-8-19)26(27,28)29)22-17-23-20(6-5-11-30-23)16-24(22)33-18(2)3/h5-11,16-18,25H,4,12-15H2,1-3H3. The van der Waals surface area contributed by atoms with Crippen LogP contribution in [-0.4, -0.2) is 53.6 Å². The van der Waals surface area contributed by atoms with Crippen molar-refractivity contribution >= 4 is 10.9 Å². The van der Waals surface area contributed by atoms with Gasteiger partial charge in [0.1, 0.15) is 5.75 Å². The zero-order valence-corrected chi connectivity index (χ0v) is 19.3. The monoisotopic (exact) mass is 457 g/mol. The summed E-state index contributed by atoms with van der Waals surface area (Å²) in [5.41, 5.74) is 1.95. The summed E-state index contributed by atoms with van der Waals surface area (Å²) in [7, 11) is 0. The van der Waals surface area contributed by atoms with Gasteiger partial charge in [-0.1, -0.05) is 25.1 Å². The van der Waals surface area contributed by atoms with Crippen LogP contribution in [0.4, 0.5) is 13.2 Å². The van der Waals surface area contributed by atoms with Crippen LogP contribution in [0.25, 0.3) is 10.9 Å². The lowest BCUT2D eigenvalue weighted by molar-refractivity contribution is -0.137. The quantitative estimate of drug-likeness (QED) is 0.470. The Balaban J connectivity index is 1.83. The molecule has 1 aromatic heterocycles. The number of alkyl halides is 3. The third kappa shape index (κ3) is 5.31. The van der Waals surface area contributed by atoms with E-state index in [-0.39, 0.29) is 12.1 Å². The van der Waals surface area contributed by atoms with E-state index in [4.69, 9.17) is 4.74 Å². The Labute approximate surface area is 193 Å². The maximum atomic E-state index is 13.2. The Hall–Kier alpha value is -2.64. The predicted molar refractivity (Wildman–Crippen MR) is 124 cm³/mol. The number of benzene rings is 2. The predicted octanol–water partition coefficient (Wildman–Crippen LogP) is 5.77. The molecule has 2 heterocycles. The number of likely N-dealkylation sites (N-methyl/N-ethyl adjacent to an activating group) is 1. The number of ether oxygens (including phenoxy) is 1. The minimum Gasteiger partial charge on any atom is -0.491 e. The van der Waals surface area contributed by atoms with Crippen LogP contribution in [0.5, 0.6) is 5.75 Å². The topological polar surface area (TPSA) is 28.6 Å². The maximum absolute atomic E-state index is 13.2. The van der Waals surface area contributed by atoms with Gasteiger partial charge in [0.15, 0.2) is 0 Å². The van der Waals surface area contributed by atoms with Gasteiger partial charge in [-0.3, -0.25) is 9.88 Å². The SMILES string of the molecule is CCN1CCN(C(c2ccc(C(F)(F)F)cc2)c2cc3ncccc3cc2OC(C)C)CC1. The first-order chi connectivity index (χ1) is 15.8. The van der Waals surface area contributed by atoms with Gasteiger partial charge in [-0.15, -0.1) is 0 Å². The van der Waals surface area contributed by atoms with Gasteiger partial charge < -0.3 is 9.64 Å². The van der Waals surface area contributed by atoms with Crippen molar-refractivity contribution in [3.8, 4) is 5.75 Å². The van der Waals surface area contributed by atoms with Crippen molar-refractivity contribution in [3.63, 3.8) is 0 Å². The maximum Gasteiger partial charge on any atom is 0.416 e. The first-order valence-corrected chi connectivity index (χ1v) is 11.4. The van der Waals surface area contributed by atoms with E-state index < -0.39 is 11.7 Å².